The number of halogens is 3. The zero-order valence-corrected chi connectivity index (χ0v) is 12.0. The smallest absolute Gasteiger partial charge is 0.405 e. The number of primary amides is 1. The Morgan fingerprint density at radius 1 is 1.30 bits per heavy atom. The van der Waals surface area contributed by atoms with Gasteiger partial charge >= 0.3 is 6.36 Å². The summed E-state index contributed by atoms with van der Waals surface area (Å²) in [7, 11) is 1.60. The zero-order chi connectivity index (χ0) is 17.0. The monoisotopic (exact) mass is 326 g/mol. The topological polar surface area (TPSA) is 81.3 Å². The second-order valence-electron chi connectivity index (χ2n) is 4.64. The van der Waals surface area contributed by atoms with Crippen LogP contribution in [0.4, 0.5) is 19.0 Å². The Morgan fingerprint density at radius 2 is 2.00 bits per heavy atom. The second-order valence-corrected chi connectivity index (χ2v) is 4.64. The van der Waals surface area contributed by atoms with Crippen LogP contribution in [-0.4, -0.2) is 29.3 Å². The Kier molecular flexibility index (Phi) is 4.68. The highest BCUT2D eigenvalue weighted by Gasteiger charge is 2.32. The average Bonchev–Trinajstić information content (AvgIpc) is 2.48. The summed E-state index contributed by atoms with van der Waals surface area (Å²) in [4.78, 5) is 20.5. The van der Waals surface area contributed by atoms with E-state index in [0.717, 1.165) is 0 Å². The van der Waals surface area contributed by atoms with E-state index in [1.807, 2.05) is 0 Å². The van der Waals surface area contributed by atoms with E-state index in [4.69, 9.17) is 5.73 Å². The van der Waals surface area contributed by atoms with Gasteiger partial charge in [0, 0.05) is 19.2 Å². The summed E-state index contributed by atoms with van der Waals surface area (Å²) in [5.41, 5.74) is 5.40. The van der Waals surface area contributed by atoms with Crippen molar-refractivity contribution in [3.8, 4) is 5.75 Å². The molecule has 9 heteroatoms. The molecule has 0 saturated heterocycles. The number of amides is 1. The fourth-order valence-electron chi connectivity index (χ4n) is 1.85. The predicted octanol–water partition coefficient (Wildman–Crippen LogP) is 2.11. The maximum absolute atomic E-state index is 12.4. The van der Waals surface area contributed by atoms with E-state index in [9.17, 15) is 18.0 Å². The number of nitrogens with two attached hydrogens (primary N) is 1. The number of hydrogen-bond donors (Lipinski definition) is 1. The first-order valence-electron chi connectivity index (χ1n) is 6.43. The zero-order valence-electron chi connectivity index (χ0n) is 12.0. The van der Waals surface area contributed by atoms with Gasteiger partial charge in [-0.2, -0.15) is 0 Å². The molecule has 0 radical (unpaired) electrons. The van der Waals surface area contributed by atoms with Gasteiger partial charge in [0.15, 0.2) is 0 Å². The third-order valence-electron chi connectivity index (χ3n) is 2.87. The first-order valence-corrected chi connectivity index (χ1v) is 6.43. The van der Waals surface area contributed by atoms with Crippen LogP contribution >= 0.6 is 0 Å². The average molecular weight is 326 g/mol. The number of hydrogen-bond acceptors (Lipinski definition) is 5. The maximum atomic E-state index is 12.4. The van der Waals surface area contributed by atoms with Crippen LogP contribution < -0.4 is 15.4 Å². The molecule has 0 fully saturated rings. The molecule has 6 nitrogen and oxygen atoms in total. The van der Waals surface area contributed by atoms with Crippen LogP contribution in [0.3, 0.4) is 0 Å². The number of alkyl halides is 3. The number of carbonyl (C=O) groups excluding carboxylic acids is 1. The van der Waals surface area contributed by atoms with Crippen molar-refractivity contribution in [3.05, 3.63) is 47.9 Å². The molecule has 1 aromatic heterocycles. The minimum atomic E-state index is -4.78. The van der Waals surface area contributed by atoms with E-state index in [0.29, 0.717) is 11.4 Å². The van der Waals surface area contributed by atoms with E-state index in [-0.39, 0.29) is 18.0 Å². The number of para-hydroxylation sites is 1. The summed E-state index contributed by atoms with van der Waals surface area (Å²) >= 11 is 0. The van der Waals surface area contributed by atoms with Crippen LogP contribution in [0.5, 0.6) is 5.75 Å². The molecule has 1 heterocycles. The summed E-state index contributed by atoms with van der Waals surface area (Å²) in [6.45, 7) is 0.0726. The van der Waals surface area contributed by atoms with E-state index >= 15 is 0 Å². The Hall–Kier alpha value is -2.84. The van der Waals surface area contributed by atoms with Crippen molar-refractivity contribution in [2.75, 3.05) is 11.9 Å². The first kappa shape index (κ1) is 16.5. The highest BCUT2D eigenvalue weighted by atomic mass is 19.4. The molecule has 1 amide bonds. The predicted molar refractivity (Wildman–Crippen MR) is 75.8 cm³/mol. The molecular weight excluding hydrogens is 313 g/mol. The lowest BCUT2D eigenvalue weighted by molar-refractivity contribution is -0.274. The largest absolute Gasteiger partial charge is 0.573 e. The van der Waals surface area contributed by atoms with Gasteiger partial charge in [-0.05, 0) is 6.07 Å². The number of aromatic nitrogens is 2. The number of anilines is 1. The van der Waals surface area contributed by atoms with Gasteiger partial charge in [-0.1, -0.05) is 18.2 Å². The lowest BCUT2D eigenvalue weighted by Crippen LogP contribution is -2.23. The lowest BCUT2D eigenvalue weighted by Gasteiger charge is -2.20. The van der Waals surface area contributed by atoms with Crippen LogP contribution in [-0.2, 0) is 6.54 Å². The third kappa shape index (κ3) is 4.56. The van der Waals surface area contributed by atoms with Gasteiger partial charge in [0.2, 0.25) is 0 Å². The molecule has 0 bridgehead atoms. The van der Waals surface area contributed by atoms with Crippen molar-refractivity contribution in [1.29, 1.82) is 0 Å². The molecule has 0 spiro atoms. The van der Waals surface area contributed by atoms with Gasteiger partial charge in [-0.15, -0.1) is 13.2 Å². The lowest BCUT2D eigenvalue weighted by atomic mass is 10.2. The van der Waals surface area contributed by atoms with Crippen LogP contribution in [0.15, 0.2) is 36.7 Å². The fourth-order valence-corrected chi connectivity index (χ4v) is 1.85. The molecule has 23 heavy (non-hydrogen) atoms. The molecule has 2 rings (SSSR count). The molecule has 0 aliphatic carbocycles. The van der Waals surface area contributed by atoms with Crippen molar-refractivity contribution in [3.63, 3.8) is 0 Å². The van der Waals surface area contributed by atoms with Gasteiger partial charge < -0.3 is 15.4 Å². The van der Waals surface area contributed by atoms with Crippen molar-refractivity contribution < 1.29 is 22.7 Å². The van der Waals surface area contributed by atoms with E-state index in [2.05, 4.69) is 14.7 Å². The summed E-state index contributed by atoms with van der Waals surface area (Å²) in [5.74, 6) is -0.748. The first-order chi connectivity index (χ1) is 10.8. The van der Waals surface area contributed by atoms with Crippen molar-refractivity contribution in [2.45, 2.75) is 12.9 Å². The SMILES string of the molecule is CN(Cc1ccccc1OC(F)(F)F)c1cncc(C(N)=O)n1. The Morgan fingerprint density at radius 3 is 2.65 bits per heavy atom. The van der Waals surface area contributed by atoms with Gasteiger partial charge in [-0.3, -0.25) is 9.78 Å². The molecule has 122 valence electrons. The molecule has 0 atom stereocenters. The number of rotatable bonds is 5. The van der Waals surface area contributed by atoms with E-state index < -0.39 is 12.3 Å². The highest BCUT2D eigenvalue weighted by molar-refractivity contribution is 5.90. The van der Waals surface area contributed by atoms with Gasteiger partial charge in [0.05, 0.1) is 12.4 Å². The van der Waals surface area contributed by atoms with Crippen molar-refractivity contribution in [1.82, 2.24) is 9.97 Å². The number of nitrogens with zero attached hydrogens (tertiary/aromatic N) is 3. The maximum Gasteiger partial charge on any atom is 0.573 e. The molecule has 0 aliphatic heterocycles. The molecule has 0 aliphatic rings. The molecular formula is C14H13F3N4O2. The second kappa shape index (κ2) is 6.51. The third-order valence-corrected chi connectivity index (χ3v) is 2.87. The molecule has 1 aromatic carbocycles. The van der Waals surface area contributed by atoms with Crippen LogP contribution in [0, 0.1) is 0 Å². The van der Waals surface area contributed by atoms with Crippen molar-refractivity contribution >= 4 is 11.7 Å². The van der Waals surface area contributed by atoms with Gasteiger partial charge in [0.1, 0.15) is 17.3 Å². The number of ether oxygens (including phenoxy) is 1. The number of benzene rings is 1. The molecule has 0 unspecified atom stereocenters. The quantitative estimate of drug-likeness (QED) is 0.910. The minimum Gasteiger partial charge on any atom is -0.405 e. The Labute approximate surface area is 129 Å². The van der Waals surface area contributed by atoms with Gasteiger partial charge in [0.25, 0.3) is 5.91 Å². The standard InChI is InChI=1S/C14H13F3N4O2/c1-21(12-7-19-6-10(20-12)13(18)22)8-9-4-2-3-5-11(9)23-14(15,16)17/h2-7H,8H2,1H3,(H2,18,22). The normalized spacial score (nSPS) is 11.1. The summed E-state index contributed by atoms with van der Waals surface area (Å²) in [6.07, 6.45) is -2.19. The van der Waals surface area contributed by atoms with Crippen LogP contribution in [0.2, 0.25) is 0 Å². The van der Waals surface area contributed by atoms with Gasteiger partial charge in [-0.25, -0.2) is 4.98 Å². The highest BCUT2D eigenvalue weighted by Crippen LogP contribution is 2.27. The molecule has 2 N–H and O–H groups in total. The van der Waals surface area contributed by atoms with Crippen LogP contribution in [0.1, 0.15) is 16.1 Å². The van der Waals surface area contributed by atoms with E-state index in [1.165, 1.54) is 35.5 Å². The summed E-state index contributed by atoms with van der Waals surface area (Å²) in [6, 6.07) is 5.76. The van der Waals surface area contributed by atoms with Crippen LogP contribution in [0.25, 0.3) is 0 Å². The summed E-state index contributed by atoms with van der Waals surface area (Å²) in [5, 5.41) is 0. The Bertz CT molecular complexity index is 706. The summed E-state index contributed by atoms with van der Waals surface area (Å²) < 4.78 is 41.2. The Balaban J connectivity index is 2.22. The molecule has 2 aromatic rings. The van der Waals surface area contributed by atoms with Crippen molar-refractivity contribution in [2.24, 2.45) is 5.73 Å². The fraction of sp³-hybridized carbons (Fsp3) is 0.214. The van der Waals surface area contributed by atoms with E-state index in [1.54, 1.807) is 13.1 Å². The molecule has 0 saturated carbocycles. The number of carbonyl (C=O) groups is 1. The minimum absolute atomic E-state index is 0.0332.